The highest BCUT2D eigenvalue weighted by Gasteiger charge is 2.40. The van der Waals surface area contributed by atoms with Crippen LogP contribution in [0.15, 0.2) is 46.1 Å². The van der Waals surface area contributed by atoms with Crippen LogP contribution < -0.4 is 10.9 Å². The highest BCUT2D eigenvalue weighted by atomic mass is 79.9. The lowest BCUT2D eigenvalue weighted by molar-refractivity contribution is -0.137. The predicted molar refractivity (Wildman–Crippen MR) is 108 cm³/mol. The smallest absolute Gasteiger partial charge is 0.363 e. The van der Waals surface area contributed by atoms with Gasteiger partial charge in [-0.25, -0.2) is 9.97 Å². The zero-order chi connectivity index (χ0) is 21.0. The van der Waals surface area contributed by atoms with Crippen molar-refractivity contribution in [3.05, 3.63) is 62.7 Å². The van der Waals surface area contributed by atoms with Gasteiger partial charge >= 0.3 is 6.18 Å². The maximum Gasteiger partial charge on any atom is 0.416 e. The van der Waals surface area contributed by atoms with E-state index in [1.807, 2.05) is 6.92 Å². The highest BCUT2D eigenvalue weighted by molar-refractivity contribution is 9.10. The lowest BCUT2D eigenvalue weighted by Gasteiger charge is -2.19. The van der Waals surface area contributed by atoms with Crippen molar-refractivity contribution in [1.29, 1.82) is 0 Å². The Hall–Kier alpha value is -2.42. The van der Waals surface area contributed by atoms with Crippen LogP contribution in [0.1, 0.15) is 43.9 Å². The van der Waals surface area contributed by atoms with Crippen molar-refractivity contribution < 1.29 is 13.2 Å². The molecule has 0 amide bonds. The van der Waals surface area contributed by atoms with Gasteiger partial charge < -0.3 is 9.88 Å². The van der Waals surface area contributed by atoms with Crippen LogP contribution in [0.3, 0.4) is 0 Å². The summed E-state index contributed by atoms with van der Waals surface area (Å²) in [7, 11) is 0. The Balaban J connectivity index is 1.75. The highest BCUT2D eigenvalue weighted by Crippen LogP contribution is 2.43. The van der Waals surface area contributed by atoms with Crippen LogP contribution in [0.2, 0.25) is 0 Å². The molecule has 1 aromatic carbocycles. The summed E-state index contributed by atoms with van der Waals surface area (Å²) in [6, 6.07) is 4.75. The zero-order valence-corrected chi connectivity index (χ0v) is 17.3. The van der Waals surface area contributed by atoms with E-state index < -0.39 is 17.8 Å². The topological polar surface area (TPSA) is 59.8 Å². The maximum atomic E-state index is 13.0. The molecule has 1 N–H and O–H groups in total. The second-order valence-corrected chi connectivity index (χ2v) is 8.38. The van der Waals surface area contributed by atoms with Gasteiger partial charge in [0.15, 0.2) is 0 Å². The van der Waals surface area contributed by atoms with Gasteiger partial charge in [0.25, 0.3) is 5.56 Å². The summed E-state index contributed by atoms with van der Waals surface area (Å²) in [4.78, 5) is 21.2. The summed E-state index contributed by atoms with van der Waals surface area (Å²) >= 11 is 3.35. The van der Waals surface area contributed by atoms with Crippen LogP contribution in [-0.4, -0.2) is 14.5 Å². The van der Waals surface area contributed by atoms with Gasteiger partial charge in [0, 0.05) is 17.8 Å². The second kappa shape index (κ2) is 6.83. The van der Waals surface area contributed by atoms with E-state index in [0.29, 0.717) is 26.8 Å². The first-order valence-electron chi connectivity index (χ1n) is 9.10. The number of rotatable bonds is 4. The van der Waals surface area contributed by atoms with Gasteiger partial charge in [-0.05, 0) is 60.3 Å². The normalized spacial score (nSPS) is 16.6. The molecule has 0 saturated heterocycles. The van der Waals surface area contributed by atoms with Gasteiger partial charge in [-0.2, -0.15) is 13.2 Å². The van der Waals surface area contributed by atoms with Crippen LogP contribution in [0.4, 0.5) is 19.0 Å². The Kier molecular flexibility index (Phi) is 4.68. The Bertz CT molecular complexity index is 1150. The minimum atomic E-state index is -4.40. The lowest BCUT2D eigenvalue weighted by Crippen LogP contribution is -2.28. The van der Waals surface area contributed by atoms with Crippen molar-refractivity contribution in [3.8, 4) is 0 Å². The number of anilines is 1. The average Bonchev–Trinajstić information content (AvgIpc) is 3.42. The van der Waals surface area contributed by atoms with Gasteiger partial charge in [0.1, 0.15) is 16.6 Å². The van der Waals surface area contributed by atoms with Gasteiger partial charge in [-0.1, -0.05) is 12.1 Å². The molecule has 0 radical (unpaired) electrons. The van der Waals surface area contributed by atoms with E-state index >= 15 is 0 Å². The van der Waals surface area contributed by atoms with E-state index in [0.717, 1.165) is 25.0 Å². The molecule has 4 rings (SSSR count). The third-order valence-corrected chi connectivity index (χ3v) is 6.09. The molecular formula is C20H18BrF3N4O. The number of alkyl halides is 3. The third kappa shape index (κ3) is 3.63. The number of nitrogens with one attached hydrogen (secondary N) is 1. The SMILES string of the molecule is CC(Nc1ncnc2c(Br)c(=O)n(C3(C)CC3)cc12)c1cccc(C(F)(F)F)c1. The fraction of sp³-hybridized carbons (Fsp3) is 0.350. The quantitative estimate of drug-likeness (QED) is 0.569. The number of halogens is 4. The molecule has 1 aliphatic carbocycles. The molecule has 2 aromatic heterocycles. The Morgan fingerprint density at radius 1 is 1.28 bits per heavy atom. The van der Waals surface area contributed by atoms with Crippen LogP contribution in [-0.2, 0) is 11.7 Å². The standard InChI is InChI=1S/C20H18BrF3N4O/c1-11(12-4-3-5-13(8-12)20(22,23)24)27-17-14-9-28(19(2)6-7-19)18(29)15(21)16(14)25-10-26-17/h3-5,8-11H,6-7H2,1-2H3,(H,25,26,27). The molecule has 1 saturated carbocycles. The monoisotopic (exact) mass is 466 g/mol. The minimum absolute atomic E-state index is 0.159. The zero-order valence-electron chi connectivity index (χ0n) is 15.7. The van der Waals surface area contributed by atoms with E-state index in [9.17, 15) is 18.0 Å². The Morgan fingerprint density at radius 2 is 2.00 bits per heavy atom. The summed E-state index contributed by atoms with van der Waals surface area (Å²) in [5, 5.41) is 3.80. The molecule has 1 atom stereocenters. The molecular weight excluding hydrogens is 449 g/mol. The first kappa shape index (κ1) is 19.9. The molecule has 0 bridgehead atoms. The molecule has 1 fully saturated rings. The summed E-state index contributed by atoms with van der Waals surface area (Å²) in [5.41, 5.74) is -0.145. The second-order valence-electron chi connectivity index (χ2n) is 7.59. The number of hydrogen-bond donors (Lipinski definition) is 1. The molecule has 1 aliphatic rings. The number of pyridine rings is 1. The van der Waals surface area contributed by atoms with Gasteiger partial charge in [-0.3, -0.25) is 4.79 Å². The molecule has 3 aromatic rings. The number of nitrogens with zero attached hydrogens (tertiary/aromatic N) is 3. The molecule has 29 heavy (non-hydrogen) atoms. The molecule has 1 unspecified atom stereocenters. The van der Waals surface area contributed by atoms with Crippen molar-refractivity contribution in [3.63, 3.8) is 0 Å². The average molecular weight is 467 g/mol. The summed E-state index contributed by atoms with van der Waals surface area (Å²) in [5.74, 6) is 0.457. The molecule has 0 aliphatic heterocycles. The van der Waals surface area contributed by atoms with E-state index in [-0.39, 0.29) is 11.1 Å². The van der Waals surface area contributed by atoms with Crippen LogP contribution in [0.25, 0.3) is 10.9 Å². The largest absolute Gasteiger partial charge is 0.416 e. The van der Waals surface area contributed by atoms with Crippen molar-refractivity contribution in [1.82, 2.24) is 14.5 Å². The van der Waals surface area contributed by atoms with E-state index in [2.05, 4.69) is 31.2 Å². The first-order chi connectivity index (χ1) is 13.6. The summed E-state index contributed by atoms with van der Waals surface area (Å²) < 4.78 is 41.1. The van der Waals surface area contributed by atoms with Crippen molar-refractivity contribution in [2.24, 2.45) is 0 Å². The number of benzene rings is 1. The number of hydrogen-bond acceptors (Lipinski definition) is 4. The van der Waals surface area contributed by atoms with Crippen molar-refractivity contribution in [2.45, 2.75) is 44.4 Å². The van der Waals surface area contributed by atoms with E-state index in [1.165, 1.54) is 12.4 Å². The minimum Gasteiger partial charge on any atom is -0.363 e. The van der Waals surface area contributed by atoms with Gasteiger partial charge in [0.05, 0.1) is 16.5 Å². The van der Waals surface area contributed by atoms with E-state index in [4.69, 9.17) is 0 Å². The summed E-state index contributed by atoms with van der Waals surface area (Å²) in [6.45, 7) is 3.77. The molecule has 9 heteroatoms. The van der Waals surface area contributed by atoms with Crippen molar-refractivity contribution in [2.75, 3.05) is 5.32 Å². The fourth-order valence-electron chi connectivity index (χ4n) is 3.30. The van der Waals surface area contributed by atoms with Crippen LogP contribution in [0, 0.1) is 0 Å². The maximum absolute atomic E-state index is 13.0. The van der Waals surface area contributed by atoms with Crippen LogP contribution >= 0.6 is 15.9 Å². The number of fused-ring (bicyclic) bond motifs is 1. The molecule has 0 spiro atoms. The lowest BCUT2D eigenvalue weighted by atomic mass is 10.0. The molecule has 5 nitrogen and oxygen atoms in total. The summed E-state index contributed by atoms with van der Waals surface area (Å²) in [6.07, 6.45) is 0.468. The van der Waals surface area contributed by atoms with Crippen LogP contribution in [0.5, 0.6) is 0 Å². The van der Waals surface area contributed by atoms with E-state index in [1.54, 1.807) is 23.8 Å². The molecule has 2 heterocycles. The molecule has 152 valence electrons. The Labute approximate surface area is 173 Å². The van der Waals surface area contributed by atoms with Crippen molar-refractivity contribution >= 4 is 32.7 Å². The van der Waals surface area contributed by atoms with Gasteiger partial charge in [-0.15, -0.1) is 0 Å². The fourth-order valence-corrected chi connectivity index (χ4v) is 3.81. The van der Waals surface area contributed by atoms with Gasteiger partial charge in [0.2, 0.25) is 0 Å². The number of aromatic nitrogens is 3. The third-order valence-electron chi connectivity index (χ3n) is 5.38. The Morgan fingerprint density at radius 3 is 2.66 bits per heavy atom. The first-order valence-corrected chi connectivity index (χ1v) is 9.89. The predicted octanol–water partition coefficient (Wildman–Crippen LogP) is 5.25.